The molecule has 3 heterocycles. The summed E-state index contributed by atoms with van der Waals surface area (Å²) in [5.41, 5.74) is 1.06. The van der Waals surface area contributed by atoms with Crippen LogP contribution in [0, 0.1) is 5.92 Å². The third kappa shape index (κ3) is 4.35. The predicted molar refractivity (Wildman–Crippen MR) is 96.6 cm³/mol. The number of piperidine rings is 2. The minimum atomic E-state index is 0.188. The van der Waals surface area contributed by atoms with Crippen LogP contribution in [0.2, 0.25) is 0 Å². The average molecular weight is 329 g/mol. The van der Waals surface area contributed by atoms with Crippen molar-refractivity contribution >= 4 is 5.91 Å². The molecule has 0 radical (unpaired) electrons. The fourth-order valence-corrected chi connectivity index (χ4v) is 4.21. The number of hydrogen-bond donors (Lipinski definition) is 0. The number of aromatic nitrogens is 1. The van der Waals surface area contributed by atoms with Gasteiger partial charge in [-0.15, -0.1) is 0 Å². The molecule has 2 aliphatic heterocycles. The molecule has 24 heavy (non-hydrogen) atoms. The van der Waals surface area contributed by atoms with Gasteiger partial charge in [-0.2, -0.15) is 0 Å². The summed E-state index contributed by atoms with van der Waals surface area (Å²) in [4.78, 5) is 22.1. The van der Waals surface area contributed by atoms with E-state index in [0.29, 0.717) is 11.8 Å². The normalized spacial score (nSPS) is 23.4. The van der Waals surface area contributed by atoms with Crippen LogP contribution in [0.25, 0.3) is 0 Å². The summed E-state index contributed by atoms with van der Waals surface area (Å²) in [6.07, 6.45) is 9.52. The van der Waals surface area contributed by atoms with Gasteiger partial charge in [0.2, 0.25) is 5.91 Å². The van der Waals surface area contributed by atoms with Gasteiger partial charge >= 0.3 is 0 Å². The van der Waals surface area contributed by atoms with Crippen LogP contribution in [0.15, 0.2) is 24.4 Å². The van der Waals surface area contributed by atoms with Crippen molar-refractivity contribution in [1.29, 1.82) is 0 Å². The zero-order valence-corrected chi connectivity index (χ0v) is 15.0. The number of likely N-dealkylation sites (tertiary alicyclic amines) is 2. The highest BCUT2D eigenvalue weighted by molar-refractivity contribution is 5.77. The summed E-state index contributed by atoms with van der Waals surface area (Å²) < 4.78 is 0. The molecule has 0 bridgehead atoms. The van der Waals surface area contributed by atoms with E-state index in [4.69, 9.17) is 0 Å². The largest absolute Gasteiger partial charge is 0.334 e. The first-order chi connectivity index (χ1) is 11.8. The van der Waals surface area contributed by atoms with Gasteiger partial charge in [0.1, 0.15) is 0 Å². The number of amides is 1. The van der Waals surface area contributed by atoms with Crippen molar-refractivity contribution in [3.8, 4) is 0 Å². The van der Waals surface area contributed by atoms with Crippen molar-refractivity contribution in [2.45, 2.75) is 57.9 Å². The Bertz CT molecular complexity index is 511. The molecule has 132 valence electrons. The lowest BCUT2D eigenvalue weighted by atomic mass is 9.91. The van der Waals surface area contributed by atoms with Crippen molar-refractivity contribution in [1.82, 2.24) is 14.8 Å². The summed E-state index contributed by atoms with van der Waals surface area (Å²) in [5, 5.41) is 0. The van der Waals surface area contributed by atoms with Gasteiger partial charge < -0.3 is 9.80 Å². The molecule has 0 N–H and O–H groups in total. The van der Waals surface area contributed by atoms with Crippen LogP contribution >= 0.6 is 0 Å². The monoisotopic (exact) mass is 329 g/mol. The lowest BCUT2D eigenvalue weighted by molar-refractivity contribution is -0.136. The summed E-state index contributed by atoms with van der Waals surface area (Å²) in [5.74, 6) is 0.913. The van der Waals surface area contributed by atoms with Gasteiger partial charge in [-0.1, -0.05) is 13.0 Å². The maximum absolute atomic E-state index is 12.9. The van der Waals surface area contributed by atoms with Gasteiger partial charge in [-0.05, 0) is 76.2 Å². The number of nitrogens with zero attached hydrogens (tertiary/aromatic N) is 3. The molecule has 0 unspecified atom stereocenters. The highest BCUT2D eigenvalue weighted by Gasteiger charge is 2.30. The molecule has 1 amide bonds. The Balaban J connectivity index is 1.57. The molecule has 4 nitrogen and oxygen atoms in total. The van der Waals surface area contributed by atoms with E-state index in [1.165, 1.54) is 32.2 Å². The molecule has 2 fully saturated rings. The number of pyridine rings is 1. The highest BCUT2D eigenvalue weighted by Crippen LogP contribution is 2.31. The molecule has 2 saturated heterocycles. The van der Waals surface area contributed by atoms with E-state index in [1.807, 2.05) is 18.3 Å². The minimum absolute atomic E-state index is 0.188. The number of hydrogen-bond acceptors (Lipinski definition) is 3. The van der Waals surface area contributed by atoms with Gasteiger partial charge in [0.05, 0.1) is 11.7 Å². The van der Waals surface area contributed by atoms with Crippen molar-refractivity contribution in [2.24, 2.45) is 5.92 Å². The van der Waals surface area contributed by atoms with E-state index in [2.05, 4.69) is 27.8 Å². The second-order valence-corrected chi connectivity index (χ2v) is 7.34. The Morgan fingerprint density at radius 1 is 1.17 bits per heavy atom. The smallest absolute Gasteiger partial charge is 0.223 e. The Hall–Kier alpha value is -1.42. The van der Waals surface area contributed by atoms with E-state index >= 15 is 0 Å². The molecule has 1 aromatic heterocycles. The maximum atomic E-state index is 12.9. The van der Waals surface area contributed by atoms with Crippen molar-refractivity contribution in [3.63, 3.8) is 0 Å². The Kier molecular flexibility index (Phi) is 6.24. The van der Waals surface area contributed by atoms with E-state index in [-0.39, 0.29) is 6.04 Å². The average Bonchev–Trinajstić information content (AvgIpc) is 2.64. The highest BCUT2D eigenvalue weighted by atomic mass is 16.2. The SMILES string of the molecule is CCCN1CCC(CC(=O)N2CCCC[C@@H]2c2ccccn2)CC1. The Morgan fingerprint density at radius 3 is 2.71 bits per heavy atom. The Morgan fingerprint density at radius 2 is 2.00 bits per heavy atom. The van der Waals surface area contributed by atoms with E-state index in [0.717, 1.165) is 44.6 Å². The summed E-state index contributed by atoms with van der Waals surface area (Å²) in [7, 11) is 0. The molecule has 1 aromatic rings. The van der Waals surface area contributed by atoms with Crippen molar-refractivity contribution in [2.75, 3.05) is 26.2 Å². The summed E-state index contributed by atoms with van der Waals surface area (Å²) in [6.45, 7) is 6.66. The van der Waals surface area contributed by atoms with Gasteiger partial charge in [0.15, 0.2) is 0 Å². The maximum Gasteiger partial charge on any atom is 0.223 e. The second-order valence-electron chi connectivity index (χ2n) is 7.34. The zero-order chi connectivity index (χ0) is 16.8. The zero-order valence-electron chi connectivity index (χ0n) is 15.0. The van der Waals surface area contributed by atoms with E-state index in [9.17, 15) is 4.79 Å². The molecule has 0 aliphatic carbocycles. The molecule has 2 aliphatic rings. The lowest BCUT2D eigenvalue weighted by Gasteiger charge is -2.37. The molecule has 0 saturated carbocycles. The molecular weight excluding hydrogens is 298 g/mol. The first-order valence-electron chi connectivity index (χ1n) is 9.70. The first kappa shape index (κ1) is 17.4. The summed E-state index contributed by atoms with van der Waals surface area (Å²) in [6, 6.07) is 6.23. The standard InChI is InChI=1S/C20H31N3O/c1-2-12-22-14-9-17(10-15-22)16-20(24)23-13-6-4-8-19(23)18-7-3-5-11-21-18/h3,5,7,11,17,19H,2,4,6,8-10,12-16H2,1H3/t19-/m1/s1. The van der Waals surface area contributed by atoms with Crippen LogP contribution in [-0.4, -0.2) is 46.9 Å². The number of carbonyl (C=O) groups is 1. The van der Waals surface area contributed by atoms with Gasteiger partial charge in [-0.3, -0.25) is 9.78 Å². The molecular formula is C20H31N3O. The Labute approximate surface area is 146 Å². The van der Waals surface area contributed by atoms with Crippen LogP contribution in [0.3, 0.4) is 0 Å². The predicted octanol–water partition coefficient (Wildman–Crippen LogP) is 3.65. The van der Waals surface area contributed by atoms with E-state index in [1.54, 1.807) is 0 Å². The van der Waals surface area contributed by atoms with Gasteiger partial charge in [0, 0.05) is 19.2 Å². The van der Waals surface area contributed by atoms with Crippen LogP contribution < -0.4 is 0 Å². The topological polar surface area (TPSA) is 36.4 Å². The lowest BCUT2D eigenvalue weighted by Crippen LogP contribution is -2.41. The number of carbonyl (C=O) groups excluding carboxylic acids is 1. The molecule has 0 spiro atoms. The van der Waals surface area contributed by atoms with Crippen LogP contribution in [0.4, 0.5) is 0 Å². The number of rotatable bonds is 5. The molecule has 4 heteroatoms. The summed E-state index contributed by atoms with van der Waals surface area (Å²) >= 11 is 0. The quantitative estimate of drug-likeness (QED) is 0.827. The van der Waals surface area contributed by atoms with Crippen LogP contribution in [-0.2, 0) is 4.79 Å². The third-order valence-electron chi connectivity index (χ3n) is 5.56. The second kappa shape index (κ2) is 8.61. The van der Waals surface area contributed by atoms with Crippen molar-refractivity contribution < 1.29 is 4.79 Å². The van der Waals surface area contributed by atoms with Gasteiger partial charge in [0.25, 0.3) is 0 Å². The van der Waals surface area contributed by atoms with E-state index < -0.39 is 0 Å². The molecule has 3 rings (SSSR count). The molecule has 1 atom stereocenters. The first-order valence-corrected chi connectivity index (χ1v) is 9.70. The van der Waals surface area contributed by atoms with Crippen molar-refractivity contribution in [3.05, 3.63) is 30.1 Å². The fourth-order valence-electron chi connectivity index (χ4n) is 4.21. The fraction of sp³-hybridized carbons (Fsp3) is 0.700. The van der Waals surface area contributed by atoms with Crippen LogP contribution in [0.5, 0.6) is 0 Å². The third-order valence-corrected chi connectivity index (χ3v) is 5.56. The minimum Gasteiger partial charge on any atom is -0.334 e. The van der Waals surface area contributed by atoms with Gasteiger partial charge in [-0.25, -0.2) is 0 Å². The van der Waals surface area contributed by atoms with Crippen LogP contribution in [0.1, 0.15) is 63.6 Å². The molecule has 0 aromatic carbocycles.